The van der Waals surface area contributed by atoms with Gasteiger partial charge in [0.05, 0.1) is 6.61 Å². The van der Waals surface area contributed by atoms with E-state index in [-0.39, 0.29) is 18.0 Å². The minimum Gasteiger partial charge on any atom is -0.462 e. The van der Waals surface area contributed by atoms with Crippen molar-refractivity contribution in [2.45, 2.75) is 33.3 Å². The van der Waals surface area contributed by atoms with Crippen LogP contribution in [-0.2, 0) is 9.47 Å². The molecule has 1 rings (SSSR count). The number of hydrogen-bond acceptors (Lipinski definition) is 5. The number of aromatic nitrogens is 1. The number of ether oxygens (including phenoxy) is 2. The third-order valence-electron chi connectivity index (χ3n) is 1.97. The van der Waals surface area contributed by atoms with Gasteiger partial charge in [0.15, 0.2) is 0 Å². The molecule has 1 aromatic heterocycles. The van der Waals surface area contributed by atoms with Crippen molar-refractivity contribution in [2.75, 3.05) is 11.9 Å². The van der Waals surface area contributed by atoms with E-state index in [1.54, 1.807) is 27.7 Å². The molecule has 0 spiro atoms. The number of hydrogen-bond donors (Lipinski definition) is 1. The molecule has 0 aliphatic carbocycles. The largest absolute Gasteiger partial charge is 0.462 e. The molecule has 0 fully saturated rings. The minimum absolute atomic E-state index is 0.0511. The van der Waals surface area contributed by atoms with E-state index < -0.39 is 23.6 Å². The molecule has 0 saturated heterocycles. The van der Waals surface area contributed by atoms with Crippen molar-refractivity contribution in [1.29, 1.82) is 0 Å². The minimum atomic E-state index is -1.02. The third kappa shape index (κ3) is 4.83. The molecule has 1 heterocycles. The van der Waals surface area contributed by atoms with Crippen molar-refractivity contribution < 1.29 is 23.5 Å². The Morgan fingerprint density at radius 2 is 2.00 bits per heavy atom. The van der Waals surface area contributed by atoms with Crippen LogP contribution in [0.4, 0.5) is 15.0 Å². The number of carbonyl (C=O) groups excluding carboxylic acids is 2. The van der Waals surface area contributed by atoms with E-state index in [1.165, 1.54) is 12.1 Å². The first-order chi connectivity index (χ1) is 9.23. The lowest BCUT2D eigenvalue weighted by atomic mass is 10.2. The van der Waals surface area contributed by atoms with Crippen LogP contribution in [0, 0.1) is 5.95 Å². The summed E-state index contributed by atoms with van der Waals surface area (Å²) in [5.41, 5.74) is -0.963. The fourth-order valence-corrected chi connectivity index (χ4v) is 1.27. The second-order valence-corrected chi connectivity index (χ2v) is 4.88. The lowest BCUT2D eigenvalue weighted by Gasteiger charge is -2.19. The summed E-state index contributed by atoms with van der Waals surface area (Å²) in [6.07, 6.45) is -0.756. The highest BCUT2D eigenvalue weighted by Crippen LogP contribution is 2.13. The molecule has 1 amide bonds. The van der Waals surface area contributed by atoms with Gasteiger partial charge in [-0.05, 0) is 39.8 Å². The molecule has 6 nitrogen and oxygen atoms in total. The zero-order chi connectivity index (χ0) is 15.3. The molecular weight excluding hydrogens is 267 g/mol. The van der Waals surface area contributed by atoms with Crippen LogP contribution in [0.2, 0.25) is 0 Å². The number of anilines is 1. The molecule has 0 saturated carbocycles. The van der Waals surface area contributed by atoms with Crippen LogP contribution >= 0.6 is 0 Å². The van der Waals surface area contributed by atoms with Crippen LogP contribution in [0.25, 0.3) is 0 Å². The number of amides is 1. The molecule has 0 atom stereocenters. The van der Waals surface area contributed by atoms with Crippen molar-refractivity contribution in [2.24, 2.45) is 0 Å². The highest BCUT2D eigenvalue weighted by atomic mass is 19.1. The number of nitrogens with one attached hydrogen (secondary N) is 1. The maximum Gasteiger partial charge on any atom is 0.413 e. The smallest absolute Gasteiger partial charge is 0.413 e. The van der Waals surface area contributed by atoms with Crippen molar-refractivity contribution in [3.05, 3.63) is 23.6 Å². The molecule has 0 unspecified atom stereocenters. The van der Waals surface area contributed by atoms with Gasteiger partial charge in [-0.1, -0.05) is 0 Å². The summed E-state index contributed by atoms with van der Waals surface area (Å²) in [4.78, 5) is 26.3. The molecule has 0 aromatic carbocycles. The van der Waals surface area contributed by atoms with Crippen molar-refractivity contribution in [1.82, 2.24) is 4.98 Å². The Hall–Kier alpha value is -2.18. The molecule has 1 N–H and O–H groups in total. The summed E-state index contributed by atoms with van der Waals surface area (Å²) in [6.45, 7) is 6.84. The van der Waals surface area contributed by atoms with E-state index in [0.717, 1.165) is 0 Å². The molecule has 7 heteroatoms. The van der Waals surface area contributed by atoms with Crippen LogP contribution in [0.5, 0.6) is 0 Å². The van der Waals surface area contributed by atoms with E-state index in [2.05, 4.69) is 15.0 Å². The molecular formula is C13H17FN2O4. The quantitative estimate of drug-likeness (QED) is 0.682. The first-order valence-electron chi connectivity index (χ1n) is 6.06. The highest BCUT2D eigenvalue weighted by molar-refractivity contribution is 5.90. The molecule has 1 aromatic rings. The third-order valence-corrected chi connectivity index (χ3v) is 1.97. The van der Waals surface area contributed by atoms with Gasteiger partial charge in [-0.3, -0.25) is 5.32 Å². The highest BCUT2D eigenvalue weighted by Gasteiger charge is 2.18. The summed E-state index contributed by atoms with van der Waals surface area (Å²) in [7, 11) is 0. The Bertz CT molecular complexity index is 512. The average Bonchev–Trinajstić information content (AvgIpc) is 2.26. The summed E-state index contributed by atoms with van der Waals surface area (Å²) in [5, 5.41) is 2.27. The number of pyridine rings is 1. The standard InChI is InChI=1S/C13H17FN2O4/c1-5-19-11(17)8-6-7-9(15-10(8)14)16-12(18)20-13(2,3)4/h6-7H,5H2,1-4H3,(H,15,16,18). The van der Waals surface area contributed by atoms with Gasteiger partial charge in [-0.15, -0.1) is 0 Å². The van der Waals surface area contributed by atoms with Gasteiger partial charge in [0.25, 0.3) is 0 Å². The first kappa shape index (κ1) is 15.9. The molecule has 20 heavy (non-hydrogen) atoms. The Balaban J connectivity index is 2.78. The van der Waals surface area contributed by atoms with Crippen LogP contribution in [0.3, 0.4) is 0 Å². The summed E-state index contributed by atoms with van der Waals surface area (Å²) >= 11 is 0. The van der Waals surface area contributed by atoms with Gasteiger partial charge in [0.2, 0.25) is 5.95 Å². The SMILES string of the molecule is CCOC(=O)c1ccc(NC(=O)OC(C)(C)C)nc1F. The second-order valence-electron chi connectivity index (χ2n) is 4.88. The number of halogens is 1. The van der Waals surface area contributed by atoms with Gasteiger partial charge in [-0.25, -0.2) is 14.6 Å². The van der Waals surface area contributed by atoms with Crippen LogP contribution in [0.1, 0.15) is 38.1 Å². The fourth-order valence-electron chi connectivity index (χ4n) is 1.27. The molecule has 0 bridgehead atoms. The maximum atomic E-state index is 13.6. The van der Waals surface area contributed by atoms with Crippen LogP contribution in [-0.4, -0.2) is 29.3 Å². The van der Waals surface area contributed by atoms with Gasteiger partial charge in [-0.2, -0.15) is 4.39 Å². The summed E-state index contributed by atoms with van der Waals surface area (Å²) in [6, 6.07) is 2.48. The van der Waals surface area contributed by atoms with E-state index >= 15 is 0 Å². The number of esters is 1. The maximum absolute atomic E-state index is 13.6. The van der Waals surface area contributed by atoms with E-state index in [1.807, 2.05) is 0 Å². The number of nitrogens with zero attached hydrogens (tertiary/aromatic N) is 1. The van der Waals surface area contributed by atoms with Crippen LogP contribution < -0.4 is 5.32 Å². The normalized spacial score (nSPS) is 10.8. The Morgan fingerprint density at radius 1 is 1.35 bits per heavy atom. The van der Waals surface area contributed by atoms with E-state index in [0.29, 0.717) is 0 Å². The molecule has 0 aliphatic heterocycles. The molecule has 110 valence electrons. The fraction of sp³-hybridized carbons (Fsp3) is 0.462. The van der Waals surface area contributed by atoms with Crippen molar-refractivity contribution in [3.63, 3.8) is 0 Å². The Morgan fingerprint density at radius 3 is 2.50 bits per heavy atom. The van der Waals surface area contributed by atoms with Gasteiger partial charge >= 0.3 is 12.1 Å². The Labute approximate surface area is 116 Å². The van der Waals surface area contributed by atoms with Crippen molar-refractivity contribution >= 4 is 17.9 Å². The van der Waals surface area contributed by atoms with E-state index in [9.17, 15) is 14.0 Å². The topological polar surface area (TPSA) is 77.5 Å². The van der Waals surface area contributed by atoms with Gasteiger partial charge < -0.3 is 9.47 Å². The molecule has 0 radical (unpaired) electrons. The lowest BCUT2D eigenvalue weighted by Crippen LogP contribution is -2.27. The Kier molecular flexibility index (Phi) is 5.01. The predicted octanol–water partition coefficient (Wildman–Crippen LogP) is 2.74. The van der Waals surface area contributed by atoms with E-state index in [4.69, 9.17) is 4.74 Å². The summed E-state index contributed by atoms with van der Waals surface area (Å²) in [5.74, 6) is -1.87. The van der Waals surface area contributed by atoms with Crippen molar-refractivity contribution in [3.8, 4) is 0 Å². The first-order valence-corrected chi connectivity index (χ1v) is 6.06. The zero-order valence-corrected chi connectivity index (χ0v) is 11.8. The number of rotatable bonds is 3. The monoisotopic (exact) mass is 284 g/mol. The van der Waals surface area contributed by atoms with Gasteiger partial charge in [0.1, 0.15) is 17.0 Å². The average molecular weight is 284 g/mol. The van der Waals surface area contributed by atoms with Crippen LogP contribution in [0.15, 0.2) is 12.1 Å². The molecule has 0 aliphatic rings. The lowest BCUT2D eigenvalue weighted by molar-refractivity contribution is 0.0519. The second kappa shape index (κ2) is 6.31. The van der Waals surface area contributed by atoms with Gasteiger partial charge in [0, 0.05) is 0 Å². The summed E-state index contributed by atoms with van der Waals surface area (Å²) < 4.78 is 23.3. The zero-order valence-electron chi connectivity index (χ0n) is 11.8. The predicted molar refractivity (Wildman–Crippen MR) is 70.0 cm³/mol. The number of carbonyl (C=O) groups is 2.